The predicted octanol–water partition coefficient (Wildman–Crippen LogP) is 3.17. The van der Waals surface area contributed by atoms with E-state index in [1.807, 2.05) is 0 Å². The molecule has 2 aromatic rings. The highest BCUT2D eigenvalue weighted by molar-refractivity contribution is 7.91. The maximum absolute atomic E-state index is 12.3. The van der Waals surface area contributed by atoms with Gasteiger partial charge in [-0.2, -0.15) is 8.78 Å². The molecule has 0 aliphatic rings. The zero-order chi connectivity index (χ0) is 19.3. The van der Waals surface area contributed by atoms with E-state index < -0.39 is 27.5 Å². The molecular formula is C15H14ClF2N3O4S. The SMILES string of the molecule is CCCS(=O)(=O)c1ncc(Cl)c(C(=O)Nc2ccc(OC(F)F)cc2)n1. The number of alkyl halides is 2. The predicted molar refractivity (Wildman–Crippen MR) is 90.4 cm³/mol. The number of rotatable bonds is 7. The second-order valence-electron chi connectivity index (χ2n) is 5.02. The number of amides is 1. The summed E-state index contributed by atoms with van der Waals surface area (Å²) in [4.78, 5) is 19.7. The number of aromatic nitrogens is 2. The third-order valence-electron chi connectivity index (χ3n) is 3.03. The highest BCUT2D eigenvalue weighted by Gasteiger charge is 2.21. The van der Waals surface area contributed by atoms with E-state index in [9.17, 15) is 22.0 Å². The second-order valence-corrected chi connectivity index (χ2v) is 7.44. The molecule has 1 amide bonds. The van der Waals surface area contributed by atoms with Crippen LogP contribution in [0.2, 0.25) is 5.02 Å². The van der Waals surface area contributed by atoms with E-state index in [1.54, 1.807) is 6.92 Å². The van der Waals surface area contributed by atoms with Crippen LogP contribution >= 0.6 is 11.6 Å². The number of hydrogen-bond acceptors (Lipinski definition) is 6. The highest BCUT2D eigenvalue weighted by atomic mass is 35.5. The van der Waals surface area contributed by atoms with Crippen molar-refractivity contribution in [3.8, 4) is 5.75 Å². The van der Waals surface area contributed by atoms with E-state index in [-0.39, 0.29) is 27.9 Å². The molecule has 0 radical (unpaired) electrons. The normalized spacial score (nSPS) is 11.4. The summed E-state index contributed by atoms with van der Waals surface area (Å²) < 4.78 is 52.5. The molecular weight excluding hydrogens is 392 g/mol. The molecule has 0 aliphatic carbocycles. The number of anilines is 1. The van der Waals surface area contributed by atoms with E-state index in [1.165, 1.54) is 24.3 Å². The Morgan fingerprint density at radius 3 is 2.54 bits per heavy atom. The molecule has 2 rings (SSSR count). The molecule has 140 valence electrons. The summed E-state index contributed by atoms with van der Waals surface area (Å²) in [6, 6.07) is 5.14. The van der Waals surface area contributed by atoms with Crippen LogP contribution < -0.4 is 10.1 Å². The number of nitrogens with zero attached hydrogens (tertiary/aromatic N) is 2. The van der Waals surface area contributed by atoms with Gasteiger partial charge in [-0.15, -0.1) is 0 Å². The quantitative estimate of drug-likeness (QED) is 0.710. The van der Waals surface area contributed by atoms with Gasteiger partial charge in [0.1, 0.15) is 5.75 Å². The Morgan fingerprint density at radius 2 is 1.96 bits per heavy atom. The van der Waals surface area contributed by atoms with E-state index in [4.69, 9.17) is 11.6 Å². The molecule has 0 fully saturated rings. The fraction of sp³-hybridized carbons (Fsp3) is 0.267. The van der Waals surface area contributed by atoms with Crippen LogP contribution in [0.5, 0.6) is 5.75 Å². The van der Waals surface area contributed by atoms with E-state index in [0.717, 1.165) is 6.20 Å². The zero-order valence-corrected chi connectivity index (χ0v) is 15.0. The molecule has 1 N–H and O–H groups in total. The van der Waals surface area contributed by atoms with Crippen LogP contribution in [-0.4, -0.2) is 36.7 Å². The van der Waals surface area contributed by atoms with Crippen LogP contribution in [0.15, 0.2) is 35.6 Å². The molecule has 26 heavy (non-hydrogen) atoms. The maximum atomic E-state index is 12.3. The smallest absolute Gasteiger partial charge is 0.387 e. The highest BCUT2D eigenvalue weighted by Crippen LogP contribution is 2.20. The van der Waals surface area contributed by atoms with Crippen molar-refractivity contribution in [3.63, 3.8) is 0 Å². The number of carbonyl (C=O) groups is 1. The molecule has 0 bridgehead atoms. The van der Waals surface area contributed by atoms with Gasteiger partial charge in [0.2, 0.25) is 15.0 Å². The average Bonchev–Trinajstić information content (AvgIpc) is 2.56. The first-order valence-corrected chi connectivity index (χ1v) is 9.37. The molecule has 0 unspecified atom stereocenters. The Labute approximate surface area is 153 Å². The monoisotopic (exact) mass is 405 g/mol. The Bertz CT molecular complexity index is 892. The lowest BCUT2D eigenvalue weighted by Gasteiger charge is -2.09. The van der Waals surface area contributed by atoms with Crippen molar-refractivity contribution in [2.75, 3.05) is 11.1 Å². The van der Waals surface area contributed by atoms with Gasteiger partial charge >= 0.3 is 6.61 Å². The summed E-state index contributed by atoms with van der Waals surface area (Å²) in [5.74, 6) is -1.01. The van der Waals surface area contributed by atoms with Gasteiger partial charge in [-0.25, -0.2) is 18.4 Å². The van der Waals surface area contributed by atoms with Crippen LogP contribution in [0.25, 0.3) is 0 Å². The van der Waals surface area contributed by atoms with Crippen LogP contribution in [0.1, 0.15) is 23.8 Å². The number of benzene rings is 1. The molecule has 0 spiro atoms. The third-order valence-corrected chi connectivity index (χ3v) is 5.00. The molecule has 11 heteroatoms. The van der Waals surface area contributed by atoms with Crippen molar-refractivity contribution >= 4 is 33.0 Å². The summed E-state index contributed by atoms with van der Waals surface area (Å²) in [6.07, 6.45) is 1.40. The largest absolute Gasteiger partial charge is 0.435 e. The van der Waals surface area contributed by atoms with Gasteiger partial charge in [-0.3, -0.25) is 4.79 Å². The molecule has 0 saturated carbocycles. The minimum absolute atomic E-state index is 0.0778. The van der Waals surface area contributed by atoms with Crippen molar-refractivity contribution in [3.05, 3.63) is 41.2 Å². The van der Waals surface area contributed by atoms with E-state index >= 15 is 0 Å². The summed E-state index contributed by atoms with van der Waals surface area (Å²) in [5.41, 5.74) is -0.0616. The topological polar surface area (TPSA) is 98.2 Å². The first-order chi connectivity index (χ1) is 12.2. The van der Waals surface area contributed by atoms with Crippen LogP contribution in [-0.2, 0) is 9.84 Å². The lowest BCUT2D eigenvalue weighted by Crippen LogP contribution is -2.18. The molecule has 0 atom stereocenters. The van der Waals surface area contributed by atoms with Gasteiger partial charge < -0.3 is 10.1 Å². The summed E-state index contributed by atoms with van der Waals surface area (Å²) in [7, 11) is -3.72. The van der Waals surface area contributed by atoms with E-state index in [0.29, 0.717) is 6.42 Å². The van der Waals surface area contributed by atoms with Crippen LogP contribution in [0.3, 0.4) is 0 Å². The number of ether oxygens (including phenoxy) is 1. The average molecular weight is 406 g/mol. The van der Waals surface area contributed by atoms with Crippen molar-refractivity contribution in [1.82, 2.24) is 9.97 Å². The van der Waals surface area contributed by atoms with Crippen molar-refractivity contribution < 1.29 is 26.7 Å². The standard InChI is InChI=1S/C15H14ClF2N3O4S/c1-2-7-26(23,24)15-19-8-11(16)12(21-15)13(22)20-9-3-5-10(6-4-9)25-14(17)18/h3-6,8,14H,2,7H2,1H3,(H,20,22). The summed E-state index contributed by atoms with van der Waals surface area (Å²) in [6.45, 7) is -1.28. The van der Waals surface area contributed by atoms with Crippen LogP contribution in [0.4, 0.5) is 14.5 Å². The van der Waals surface area contributed by atoms with Crippen molar-refractivity contribution in [2.45, 2.75) is 25.1 Å². The second kappa shape index (κ2) is 8.37. The minimum atomic E-state index is -3.72. The van der Waals surface area contributed by atoms with Crippen molar-refractivity contribution in [2.24, 2.45) is 0 Å². The zero-order valence-electron chi connectivity index (χ0n) is 13.4. The number of hydrogen-bond donors (Lipinski definition) is 1. The van der Waals surface area contributed by atoms with Gasteiger partial charge in [-0.1, -0.05) is 18.5 Å². The van der Waals surface area contributed by atoms with Gasteiger partial charge in [0.15, 0.2) is 5.69 Å². The Kier molecular flexibility index (Phi) is 6.43. The first-order valence-electron chi connectivity index (χ1n) is 7.34. The lowest BCUT2D eigenvalue weighted by atomic mass is 10.3. The molecule has 0 aliphatic heterocycles. The van der Waals surface area contributed by atoms with Crippen molar-refractivity contribution in [1.29, 1.82) is 0 Å². The molecule has 1 aromatic carbocycles. The third kappa shape index (κ3) is 5.09. The number of carbonyl (C=O) groups excluding carboxylic acids is 1. The Hall–Kier alpha value is -2.33. The molecule has 1 heterocycles. The van der Waals surface area contributed by atoms with E-state index in [2.05, 4.69) is 20.0 Å². The van der Waals surface area contributed by atoms with Gasteiger partial charge in [0.25, 0.3) is 5.91 Å². The fourth-order valence-corrected chi connectivity index (χ4v) is 3.27. The number of nitrogens with one attached hydrogen (secondary N) is 1. The lowest BCUT2D eigenvalue weighted by molar-refractivity contribution is -0.0498. The van der Waals surface area contributed by atoms with Gasteiger partial charge in [-0.05, 0) is 30.7 Å². The molecule has 7 nitrogen and oxygen atoms in total. The first kappa shape index (κ1) is 20.0. The van der Waals surface area contributed by atoms with Gasteiger partial charge in [0.05, 0.1) is 17.0 Å². The van der Waals surface area contributed by atoms with Gasteiger partial charge in [0, 0.05) is 5.69 Å². The number of sulfone groups is 1. The molecule has 1 aromatic heterocycles. The maximum Gasteiger partial charge on any atom is 0.387 e. The summed E-state index contributed by atoms with van der Waals surface area (Å²) in [5, 5.41) is 1.82. The fourth-order valence-electron chi connectivity index (χ4n) is 1.93. The minimum Gasteiger partial charge on any atom is -0.435 e. The summed E-state index contributed by atoms with van der Waals surface area (Å²) >= 11 is 5.88. The Morgan fingerprint density at radius 1 is 1.31 bits per heavy atom. The Balaban J connectivity index is 2.21. The number of halogens is 3. The van der Waals surface area contributed by atoms with Crippen LogP contribution in [0, 0.1) is 0 Å². The molecule has 0 saturated heterocycles.